The fourth-order valence-corrected chi connectivity index (χ4v) is 2.65. The molecule has 0 aromatic heterocycles. The highest BCUT2D eigenvalue weighted by Crippen LogP contribution is 2.55. The largest absolute Gasteiger partial charge is 0.479 e. The minimum atomic E-state index is -2.24. The minimum Gasteiger partial charge on any atom is -0.479 e. The smallest absolute Gasteiger partial charge is 0.344 e. The highest BCUT2D eigenvalue weighted by atomic mass is 19.1. The van der Waals surface area contributed by atoms with Crippen LogP contribution in [0.4, 0.5) is 4.39 Å². The maximum Gasteiger partial charge on any atom is 0.344 e. The second kappa shape index (κ2) is 2.93. The number of halogens is 1. The molecule has 4 nitrogen and oxygen atoms in total. The number of amides is 1. The summed E-state index contributed by atoms with van der Waals surface area (Å²) in [6.07, 6.45) is 1.99. The van der Waals surface area contributed by atoms with Crippen molar-refractivity contribution in [3.8, 4) is 0 Å². The van der Waals surface area contributed by atoms with Crippen molar-refractivity contribution in [1.82, 2.24) is 4.90 Å². The summed E-state index contributed by atoms with van der Waals surface area (Å²) in [5.74, 6) is -1.67. The van der Waals surface area contributed by atoms with Gasteiger partial charge in [0.05, 0.1) is 6.54 Å². The van der Waals surface area contributed by atoms with Gasteiger partial charge in [-0.25, -0.2) is 9.18 Å². The molecule has 1 N–H and O–H groups in total. The van der Waals surface area contributed by atoms with E-state index in [1.165, 1.54) is 11.8 Å². The van der Waals surface area contributed by atoms with Gasteiger partial charge in [0.25, 0.3) is 0 Å². The lowest BCUT2D eigenvalue weighted by molar-refractivity contribution is -0.162. The Balaban J connectivity index is 2.30. The number of likely N-dealkylation sites (tertiary alicyclic amines) is 1. The molecule has 1 saturated carbocycles. The van der Waals surface area contributed by atoms with Crippen LogP contribution in [0.5, 0.6) is 0 Å². The highest BCUT2D eigenvalue weighted by Gasteiger charge is 2.66. The topological polar surface area (TPSA) is 57.6 Å². The van der Waals surface area contributed by atoms with E-state index < -0.39 is 17.1 Å². The molecule has 1 saturated heterocycles. The van der Waals surface area contributed by atoms with Gasteiger partial charge in [-0.2, -0.15) is 0 Å². The van der Waals surface area contributed by atoms with Crippen molar-refractivity contribution in [3.05, 3.63) is 0 Å². The van der Waals surface area contributed by atoms with Crippen LogP contribution in [0, 0.1) is 5.41 Å². The molecule has 1 unspecified atom stereocenters. The maximum absolute atomic E-state index is 14.4. The van der Waals surface area contributed by atoms with Crippen LogP contribution in [-0.4, -0.2) is 40.6 Å². The van der Waals surface area contributed by atoms with Crippen molar-refractivity contribution >= 4 is 11.9 Å². The summed E-state index contributed by atoms with van der Waals surface area (Å²) in [7, 11) is 0. The van der Waals surface area contributed by atoms with Crippen LogP contribution in [0.15, 0.2) is 0 Å². The first-order chi connectivity index (χ1) is 6.91. The molecule has 1 spiro atoms. The number of nitrogens with zero attached hydrogens (tertiary/aromatic N) is 1. The van der Waals surface area contributed by atoms with Crippen LogP contribution >= 0.6 is 0 Å². The molecule has 0 aromatic rings. The predicted molar refractivity (Wildman–Crippen MR) is 50.0 cm³/mol. The Labute approximate surface area is 87.1 Å². The van der Waals surface area contributed by atoms with Gasteiger partial charge in [0.2, 0.25) is 11.6 Å². The fourth-order valence-electron chi connectivity index (χ4n) is 2.65. The molecule has 84 valence electrons. The van der Waals surface area contributed by atoms with Gasteiger partial charge in [-0.3, -0.25) is 4.79 Å². The molecule has 5 heteroatoms. The summed E-state index contributed by atoms with van der Waals surface area (Å²) in [6.45, 7) is 1.31. The molecule has 1 aliphatic heterocycles. The first-order valence-corrected chi connectivity index (χ1v) is 5.09. The van der Waals surface area contributed by atoms with Crippen molar-refractivity contribution in [2.45, 2.75) is 31.9 Å². The lowest BCUT2D eigenvalue weighted by atomic mass is 9.61. The number of carbonyl (C=O) groups excluding carboxylic acids is 1. The van der Waals surface area contributed by atoms with E-state index in [9.17, 15) is 14.0 Å². The van der Waals surface area contributed by atoms with E-state index in [-0.39, 0.29) is 19.0 Å². The summed E-state index contributed by atoms with van der Waals surface area (Å²) < 4.78 is 14.4. The molecule has 2 aliphatic rings. The van der Waals surface area contributed by atoms with E-state index in [2.05, 4.69) is 0 Å². The molecule has 15 heavy (non-hydrogen) atoms. The van der Waals surface area contributed by atoms with Crippen LogP contribution in [0.25, 0.3) is 0 Å². The zero-order valence-corrected chi connectivity index (χ0v) is 8.62. The molecular formula is C10H14FNO3. The van der Waals surface area contributed by atoms with Gasteiger partial charge >= 0.3 is 5.97 Å². The molecule has 0 radical (unpaired) electrons. The van der Waals surface area contributed by atoms with Gasteiger partial charge in [-0.15, -0.1) is 0 Å². The molecule has 2 fully saturated rings. The van der Waals surface area contributed by atoms with Gasteiger partial charge in [-0.05, 0) is 12.8 Å². The fraction of sp³-hybridized carbons (Fsp3) is 0.800. The van der Waals surface area contributed by atoms with Crippen LogP contribution < -0.4 is 0 Å². The van der Waals surface area contributed by atoms with E-state index in [1.54, 1.807) is 0 Å². The zero-order valence-electron chi connectivity index (χ0n) is 8.62. The van der Waals surface area contributed by atoms with E-state index in [0.717, 1.165) is 6.42 Å². The van der Waals surface area contributed by atoms with Crippen LogP contribution in [0.1, 0.15) is 26.2 Å². The molecule has 1 amide bonds. The summed E-state index contributed by atoms with van der Waals surface area (Å²) in [5, 5.41) is 8.96. The number of hydrogen-bond donors (Lipinski definition) is 1. The quantitative estimate of drug-likeness (QED) is 0.704. The normalized spacial score (nSPS) is 32.8. The first kappa shape index (κ1) is 10.4. The van der Waals surface area contributed by atoms with Crippen LogP contribution in [-0.2, 0) is 9.59 Å². The third kappa shape index (κ3) is 1.18. The van der Waals surface area contributed by atoms with Gasteiger partial charge in [-0.1, -0.05) is 6.42 Å². The Morgan fingerprint density at radius 3 is 2.20 bits per heavy atom. The third-order valence-electron chi connectivity index (χ3n) is 3.84. The van der Waals surface area contributed by atoms with Crippen molar-refractivity contribution in [2.24, 2.45) is 5.41 Å². The second-order valence-corrected chi connectivity index (χ2v) is 4.62. The Hall–Kier alpha value is -1.13. The number of carboxylic acid groups (broad SMARTS) is 1. The minimum absolute atomic E-state index is 0.248. The summed E-state index contributed by atoms with van der Waals surface area (Å²) in [5.41, 5.74) is -3.05. The number of aliphatic carboxylic acids is 1. The Kier molecular flexibility index (Phi) is 2.03. The van der Waals surface area contributed by atoms with E-state index in [4.69, 9.17) is 5.11 Å². The molecule has 0 aromatic carbocycles. The third-order valence-corrected chi connectivity index (χ3v) is 3.84. The second-order valence-electron chi connectivity index (χ2n) is 4.62. The first-order valence-electron chi connectivity index (χ1n) is 5.09. The van der Waals surface area contributed by atoms with Crippen LogP contribution in [0.2, 0.25) is 0 Å². The van der Waals surface area contributed by atoms with E-state index in [1.807, 2.05) is 0 Å². The number of hydrogen-bond acceptors (Lipinski definition) is 2. The summed E-state index contributed by atoms with van der Waals surface area (Å²) >= 11 is 0. The number of rotatable bonds is 1. The Morgan fingerprint density at radius 1 is 1.33 bits per heavy atom. The molecular weight excluding hydrogens is 201 g/mol. The van der Waals surface area contributed by atoms with Crippen molar-refractivity contribution in [1.29, 1.82) is 0 Å². The predicted octanol–water partition coefficient (Wildman–Crippen LogP) is 0.812. The van der Waals surface area contributed by atoms with Crippen molar-refractivity contribution < 1.29 is 19.1 Å². The molecule has 1 heterocycles. The number of carboxylic acids is 1. The highest BCUT2D eigenvalue weighted by molar-refractivity contribution is 5.83. The molecule has 1 aliphatic carbocycles. The van der Waals surface area contributed by atoms with E-state index in [0.29, 0.717) is 12.8 Å². The number of carbonyl (C=O) groups is 2. The van der Waals surface area contributed by atoms with Gasteiger partial charge in [0, 0.05) is 18.9 Å². The Morgan fingerprint density at radius 2 is 1.93 bits per heavy atom. The van der Waals surface area contributed by atoms with Crippen molar-refractivity contribution in [2.75, 3.05) is 13.1 Å². The van der Waals surface area contributed by atoms with Gasteiger partial charge < -0.3 is 10.0 Å². The number of alkyl halides is 1. The molecule has 2 rings (SSSR count). The standard InChI is InChI=1S/C10H14FNO3/c1-7(13)12-5-9(3-2-4-9)10(11,6-12)8(14)15/h2-6H2,1H3,(H,14,15). The lowest BCUT2D eigenvalue weighted by Crippen LogP contribution is -2.53. The zero-order chi connectivity index (χ0) is 11.3. The maximum atomic E-state index is 14.4. The average Bonchev–Trinajstić information content (AvgIpc) is 2.39. The molecule has 1 atom stereocenters. The van der Waals surface area contributed by atoms with Crippen LogP contribution in [0.3, 0.4) is 0 Å². The van der Waals surface area contributed by atoms with Gasteiger partial charge in [0.1, 0.15) is 0 Å². The molecule has 0 bridgehead atoms. The average molecular weight is 215 g/mol. The Bertz CT molecular complexity index is 327. The summed E-state index contributed by atoms with van der Waals surface area (Å²) in [4.78, 5) is 23.5. The van der Waals surface area contributed by atoms with E-state index >= 15 is 0 Å². The summed E-state index contributed by atoms with van der Waals surface area (Å²) in [6, 6.07) is 0. The van der Waals surface area contributed by atoms with Crippen molar-refractivity contribution in [3.63, 3.8) is 0 Å². The van der Waals surface area contributed by atoms with Gasteiger partial charge in [0.15, 0.2) is 0 Å². The lowest BCUT2D eigenvalue weighted by Gasteiger charge is -2.43. The SMILES string of the molecule is CC(=O)N1CC2(CCC2)C(F)(C(=O)O)C1. The monoisotopic (exact) mass is 215 g/mol.